The molecule has 0 bridgehead atoms. The summed E-state index contributed by atoms with van der Waals surface area (Å²) in [5.74, 6) is 0. The highest BCUT2D eigenvalue weighted by Gasteiger charge is 2.19. The molecule has 0 fully saturated rings. The fourth-order valence-electron chi connectivity index (χ4n) is 10.2. The van der Waals surface area contributed by atoms with Crippen molar-refractivity contribution in [2.24, 2.45) is 0 Å². The first-order valence-corrected chi connectivity index (χ1v) is 27.3. The third-order valence-electron chi connectivity index (χ3n) is 14.7. The van der Waals surface area contributed by atoms with Crippen LogP contribution < -0.4 is 14.7 Å². The number of nitrogens with zero attached hydrogens (tertiary/aromatic N) is 3. The summed E-state index contributed by atoms with van der Waals surface area (Å²) in [5, 5.41) is 0. The Bertz CT molecular complexity index is 3500. The van der Waals surface area contributed by atoms with Crippen LogP contribution in [0.3, 0.4) is 0 Å². The smallest absolute Gasteiger partial charge is 0.0463 e. The molecule has 11 aromatic carbocycles. The van der Waals surface area contributed by atoms with Gasteiger partial charge >= 0.3 is 0 Å². The van der Waals surface area contributed by atoms with Crippen molar-refractivity contribution >= 4 is 74.5 Å². The molecule has 79 heavy (non-hydrogen) atoms. The summed E-state index contributed by atoms with van der Waals surface area (Å²) in [4.78, 5) is 7.02. The molecular weight excluding hydrogens is 955 g/mol. The van der Waals surface area contributed by atoms with Crippen LogP contribution in [-0.2, 0) is 0 Å². The maximum Gasteiger partial charge on any atom is 0.0463 e. The van der Waals surface area contributed by atoms with Crippen LogP contribution in [0.1, 0.15) is 66.8 Å². The molecule has 384 valence electrons. The number of aryl methyl sites for hydroxylation is 6. The van der Waals surface area contributed by atoms with E-state index in [-0.39, 0.29) is 0 Å². The molecule has 3 nitrogen and oxygen atoms in total. The minimum Gasteiger partial charge on any atom is -0.311 e. The lowest BCUT2D eigenvalue weighted by Crippen LogP contribution is -2.13. The molecule has 3 heteroatoms. The number of hydrogen-bond donors (Lipinski definition) is 0. The molecule has 0 aliphatic heterocycles. The molecule has 11 rings (SSSR count). The zero-order valence-electron chi connectivity index (χ0n) is 46.0. The van der Waals surface area contributed by atoms with E-state index in [0.717, 1.165) is 62.3 Å². The first-order valence-electron chi connectivity index (χ1n) is 27.3. The Morgan fingerprint density at radius 3 is 0.608 bits per heavy atom. The predicted molar refractivity (Wildman–Crippen MR) is 339 cm³/mol. The van der Waals surface area contributed by atoms with Gasteiger partial charge in [-0.2, -0.15) is 0 Å². The van der Waals surface area contributed by atoms with Gasteiger partial charge in [0.1, 0.15) is 0 Å². The van der Waals surface area contributed by atoms with Crippen LogP contribution in [0, 0.1) is 41.5 Å². The molecule has 0 saturated heterocycles. The Morgan fingerprint density at radius 1 is 0.203 bits per heavy atom. The zero-order valence-corrected chi connectivity index (χ0v) is 46.0. The molecule has 0 aromatic heterocycles. The van der Waals surface area contributed by atoms with Gasteiger partial charge in [0.25, 0.3) is 0 Å². The number of benzene rings is 11. The zero-order chi connectivity index (χ0) is 54.2. The monoisotopic (exact) mass is 1020 g/mol. The second-order valence-electron chi connectivity index (χ2n) is 20.8. The van der Waals surface area contributed by atoms with E-state index >= 15 is 0 Å². The largest absolute Gasteiger partial charge is 0.311 e. The van der Waals surface area contributed by atoms with E-state index in [1.807, 2.05) is 0 Å². The van der Waals surface area contributed by atoms with E-state index in [9.17, 15) is 0 Å². The summed E-state index contributed by atoms with van der Waals surface area (Å²) >= 11 is 0. The first kappa shape index (κ1) is 51.4. The second-order valence-corrected chi connectivity index (χ2v) is 20.8. The Hall–Kier alpha value is -9.70. The van der Waals surface area contributed by atoms with Gasteiger partial charge in [-0.05, 0) is 207 Å². The van der Waals surface area contributed by atoms with Crippen LogP contribution in [0.4, 0.5) is 51.2 Å². The van der Waals surface area contributed by atoms with Crippen LogP contribution in [-0.4, -0.2) is 0 Å². The van der Waals surface area contributed by atoms with Crippen LogP contribution in [0.2, 0.25) is 0 Å². The highest BCUT2D eigenvalue weighted by atomic mass is 15.2. The second kappa shape index (κ2) is 23.3. The Morgan fingerprint density at radius 2 is 0.380 bits per heavy atom. The van der Waals surface area contributed by atoms with Crippen molar-refractivity contribution in [1.29, 1.82) is 0 Å². The van der Waals surface area contributed by atoms with Crippen LogP contribution in [0.25, 0.3) is 23.3 Å². The van der Waals surface area contributed by atoms with E-state index in [0.29, 0.717) is 0 Å². The fraction of sp³-hybridized carbons (Fsp3) is 0.0789. The number of para-hydroxylation sites is 1. The summed E-state index contributed by atoms with van der Waals surface area (Å²) in [6.45, 7) is 12.8. The van der Waals surface area contributed by atoms with E-state index in [2.05, 4.69) is 341 Å². The molecule has 0 unspecified atom stereocenters. The van der Waals surface area contributed by atoms with Crippen LogP contribution >= 0.6 is 0 Å². The maximum absolute atomic E-state index is 2.34. The summed E-state index contributed by atoms with van der Waals surface area (Å²) in [5.41, 5.74) is 26.5. The molecule has 0 aliphatic rings. The third-order valence-corrected chi connectivity index (χ3v) is 14.7. The summed E-state index contributed by atoms with van der Waals surface area (Å²) in [6.07, 6.45) is 4.61. The Balaban J connectivity index is 0.913. The quantitative estimate of drug-likeness (QED) is 0.0948. The molecular formula is C76H65N3. The van der Waals surface area contributed by atoms with Crippen molar-refractivity contribution in [1.82, 2.24) is 0 Å². The maximum atomic E-state index is 2.34. The van der Waals surface area contributed by atoms with Gasteiger partial charge in [-0.25, -0.2) is 0 Å². The van der Waals surface area contributed by atoms with Gasteiger partial charge in [0.2, 0.25) is 0 Å². The van der Waals surface area contributed by atoms with Crippen LogP contribution in [0.5, 0.6) is 0 Å². The van der Waals surface area contributed by atoms with Gasteiger partial charge in [0.15, 0.2) is 0 Å². The SMILES string of the molecule is Cc1ccc(C(=Cc2ccc(N(c3ccc(C)cc3)c3ccc(N(c4ccccc4)c4ccc(N(c5ccc(C)cc5)c5ccc(C=C(c6ccc(C)cc6)c6ccc(C)cc6)cc5)cc4)cc3)cc2)c2ccc(C)cc2)cc1. The van der Waals surface area contributed by atoms with Gasteiger partial charge in [-0.3, -0.25) is 0 Å². The predicted octanol–water partition coefficient (Wildman–Crippen LogP) is 21.1. The van der Waals surface area contributed by atoms with Gasteiger partial charge in [0, 0.05) is 51.2 Å². The molecule has 0 N–H and O–H groups in total. The van der Waals surface area contributed by atoms with Crippen molar-refractivity contribution in [3.8, 4) is 0 Å². The Kier molecular flexibility index (Phi) is 15.1. The van der Waals surface area contributed by atoms with Gasteiger partial charge in [-0.15, -0.1) is 0 Å². The highest BCUT2D eigenvalue weighted by Crippen LogP contribution is 2.42. The fourth-order valence-corrected chi connectivity index (χ4v) is 10.2. The van der Waals surface area contributed by atoms with Crippen molar-refractivity contribution in [3.05, 3.63) is 340 Å². The Labute approximate surface area is 468 Å². The minimum atomic E-state index is 1.06. The highest BCUT2D eigenvalue weighted by molar-refractivity contribution is 5.93. The van der Waals surface area contributed by atoms with Gasteiger partial charge in [-0.1, -0.05) is 197 Å². The summed E-state index contributed by atoms with van der Waals surface area (Å²) in [7, 11) is 0. The summed E-state index contributed by atoms with van der Waals surface area (Å²) in [6, 6.07) is 99.3. The van der Waals surface area contributed by atoms with E-state index in [1.165, 1.54) is 66.8 Å². The number of anilines is 9. The molecule has 0 aliphatic carbocycles. The van der Waals surface area contributed by atoms with E-state index in [4.69, 9.17) is 0 Å². The standard InChI is InChI=1S/C76H65N3/c1-54-12-28-62(29-13-54)75(63-30-14-55(2)15-31-63)52-60-24-40-69(41-25-60)78(67-36-20-58(5)21-37-67)73-48-44-71(45-49-73)77(66-10-8-7-9-11-66)72-46-50-74(51-47-72)79(68-38-22-59(6)23-39-68)70-42-26-61(27-43-70)53-76(64-32-16-56(3)17-33-64)65-34-18-57(4)19-35-65/h7-53H,1-6H3. The van der Waals surface area contributed by atoms with E-state index in [1.54, 1.807) is 0 Å². The topological polar surface area (TPSA) is 9.72 Å². The van der Waals surface area contributed by atoms with Crippen molar-refractivity contribution in [3.63, 3.8) is 0 Å². The molecule has 0 spiro atoms. The van der Waals surface area contributed by atoms with Gasteiger partial charge in [0.05, 0.1) is 0 Å². The van der Waals surface area contributed by atoms with Gasteiger partial charge < -0.3 is 14.7 Å². The lowest BCUT2D eigenvalue weighted by molar-refractivity contribution is 1.24. The minimum absolute atomic E-state index is 1.06. The average Bonchev–Trinajstić information content (AvgIpc) is 3.49. The molecule has 0 amide bonds. The average molecular weight is 1020 g/mol. The van der Waals surface area contributed by atoms with Crippen molar-refractivity contribution in [2.75, 3.05) is 14.7 Å². The normalized spacial score (nSPS) is 10.9. The number of rotatable bonds is 15. The van der Waals surface area contributed by atoms with Crippen molar-refractivity contribution in [2.45, 2.75) is 41.5 Å². The molecule has 0 saturated carbocycles. The molecule has 0 heterocycles. The lowest BCUT2D eigenvalue weighted by Gasteiger charge is -2.29. The summed E-state index contributed by atoms with van der Waals surface area (Å²) < 4.78 is 0. The number of hydrogen-bond acceptors (Lipinski definition) is 3. The molecule has 0 atom stereocenters. The van der Waals surface area contributed by atoms with E-state index < -0.39 is 0 Å². The third kappa shape index (κ3) is 12.0. The first-order chi connectivity index (χ1) is 38.6. The molecule has 11 aromatic rings. The van der Waals surface area contributed by atoms with Crippen molar-refractivity contribution < 1.29 is 0 Å². The lowest BCUT2D eigenvalue weighted by atomic mass is 9.94. The molecule has 0 radical (unpaired) electrons. The van der Waals surface area contributed by atoms with Crippen LogP contribution in [0.15, 0.2) is 273 Å².